The second-order valence-electron chi connectivity index (χ2n) is 17.1. The molecule has 2 nitrogen and oxygen atoms in total. The standard InChI is InChI=1S/C62H42N2/c1-2-3-32-57-60(63(42-22-5-4-6-23-42)43-24-21-25-44(41-43)64-58-39-19-11-30-49(58)50-31-12-20-40-59(50)64)62(53-35-15-9-28-47(53)48-29-10-16-36-54(48)62)56-38-18-17-37-55(56)61(57)51-33-13-7-26-45(51)46-27-8-14-34-52(46)61/h2-41H,1H2/b32-3-. The number of allylic oxidation sites excluding steroid dienone is 5. The maximum atomic E-state index is 4.30. The van der Waals surface area contributed by atoms with Gasteiger partial charge in [-0.25, -0.2) is 0 Å². The minimum absolute atomic E-state index is 0.687. The van der Waals surface area contributed by atoms with Crippen molar-refractivity contribution in [1.82, 2.24) is 4.57 Å². The third kappa shape index (κ3) is 4.69. The van der Waals surface area contributed by atoms with E-state index in [-0.39, 0.29) is 0 Å². The average Bonchev–Trinajstić information content (AvgIpc) is 3.97. The van der Waals surface area contributed by atoms with Gasteiger partial charge in [0.15, 0.2) is 0 Å². The summed E-state index contributed by atoms with van der Waals surface area (Å²) in [5, 5.41) is 2.48. The van der Waals surface area contributed by atoms with E-state index >= 15 is 0 Å². The Morgan fingerprint density at radius 2 is 0.812 bits per heavy atom. The van der Waals surface area contributed by atoms with Crippen molar-refractivity contribution >= 4 is 33.2 Å². The number of rotatable bonds is 6. The smallest absolute Gasteiger partial charge is 0.0876 e. The molecular weight excluding hydrogens is 773 g/mol. The number of aromatic nitrogens is 1. The summed E-state index contributed by atoms with van der Waals surface area (Å²) in [5.41, 5.74) is 19.3. The van der Waals surface area contributed by atoms with Gasteiger partial charge < -0.3 is 9.47 Å². The normalized spacial score (nSPS) is 14.8. The van der Waals surface area contributed by atoms with Gasteiger partial charge in [0.2, 0.25) is 0 Å². The highest BCUT2D eigenvalue weighted by Crippen LogP contribution is 2.68. The van der Waals surface area contributed by atoms with Gasteiger partial charge >= 0.3 is 0 Å². The first-order valence-corrected chi connectivity index (χ1v) is 22.2. The largest absolute Gasteiger partial charge is 0.312 e. The molecule has 64 heavy (non-hydrogen) atoms. The molecule has 1 aromatic heterocycles. The highest BCUT2D eigenvalue weighted by molar-refractivity contribution is 6.09. The second kappa shape index (κ2) is 13.9. The molecule has 1 heterocycles. The molecule has 0 N–H and O–H groups in total. The van der Waals surface area contributed by atoms with Crippen LogP contribution in [0.2, 0.25) is 0 Å². The predicted octanol–water partition coefficient (Wildman–Crippen LogP) is 15.3. The SMILES string of the molecule is C=C/C=C\C1=C(N(c2ccccc2)c2cccc(-n3c4ccccc4c4ccccc43)c2)C2(c3ccccc3-c3ccccc32)c2ccccc2C12c1ccccc1-c1ccccc12. The number of anilines is 2. The van der Waals surface area contributed by atoms with Gasteiger partial charge in [-0.05, 0) is 104 Å². The number of nitrogens with zero attached hydrogens (tertiary/aromatic N) is 2. The molecular formula is C62H42N2. The Kier molecular flexibility index (Phi) is 7.92. The molecule has 13 rings (SSSR count). The monoisotopic (exact) mass is 814 g/mol. The maximum Gasteiger partial charge on any atom is 0.0876 e. The van der Waals surface area contributed by atoms with Crippen molar-refractivity contribution in [2.24, 2.45) is 0 Å². The molecule has 2 heteroatoms. The Morgan fingerprint density at radius 3 is 1.34 bits per heavy atom. The van der Waals surface area contributed by atoms with Gasteiger partial charge in [-0.2, -0.15) is 0 Å². The van der Waals surface area contributed by atoms with Crippen LogP contribution in [0.5, 0.6) is 0 Å². The van der Waals surface area contributed by atoms with Crippen molar-refractivity contribution in [1.29, 1.82) is 0 Å². The Labute approximate surface area is 373 Å². The minimum atomic E-state index is -0.749. The highest BCUT2D eigenvalue weighted by atomic mass is 15.2. The fourth-order valence-corrected chi connectivity index (χ4v) is 12.0. The van der Waals surface area contributed by atoms with Crippen LogP contribution in [0.1, 0.15) is 33.4 Å². The summed E-state index contributed by atoms with van der Waals surface area (Å²) in [6.07, 6.45) is 6.48. The van der Waals surface area contributed by atoms with Crippen molar-refractivity contribution in [3.05, 3.63) is 294 Å². The van der Waals surface area contributed by atoms with Crippen molar-refractivity contribution < 1.29 is 0 Å². The summed E-state index contributed by atoms with van der Waals surface area (Å²) in [6, 6.07) is 83.6. The molecule has 0 atom stereocenters. The summed E-state index contributed by atoms with van der Waals surface area (Å²) in [4.78, 5) is 2.60. The number of hydrogen-bond donors (Lipinski definition) is 0. The molecule has 9 aromatic carbocycles. The summed E-state index contributed by atoms with van der Waals surface area (Å²) in [6.45, 7) is 4.30. The van der Waals surface area contributed by atoms with Gasteiger partial charge in [-0.1, -0.05) is 207 Å². The lowest BCUT2D eigenvalue weighted by atomic mass is 9.53. The van der Waals surface area contributed by atoms with Gasteiger partial charge in [-0.15, -0.1) is 0 Å². The van der Waals surface area contributed by atoms with Crippen molar-refractivity contribution in [3.8, 4) is 27.9 Å². The zero-order chi connectivity index (χ0) is 42.4. The zero-order valence-electron chi connectivity index (χ0n) is 35.2. The number of fused-ring (bicyclic) bond motifs is 16. The van der Waals surface area contributed by atoms with Gasteiger partial charge in [0, 0.05) is 33.5 Å². The predicted molar refractivity (Wildman–Crippen MR) is 266 cm³/mol. The Bertz CT molecular complexity index is 3460. The molecule has 10 aromatic rings. The van der Waals surface area contributed by atoms with Gasteiger partial charge in [0.05, 0.1) is 21.9 Å². The van der Waals surface area contributed by atoms with Crippen LogP contribution in [0.25, 0.3) is 49.7 Å². The van der Waals surface area contributed by atoms with Crippen LogP contribution in [0.15, 0.2) is 261 Å². The summed E-state index contributed by atoms with van der Waals surface area (Å²) in [7, 11) is 0. The van der Waals surface area contributed by atoms with Crippen molar-refractivity contribution in [2.75, 3.05) is 4.90 Å². The summed E-state index contributed by atoms with van der Waals surface area (Å²) in [5.74, 6) is 0. The van der Waals surface area contributed by atoms with Crippen LogP contribution in [0, 0.1) is 0 Å². The van der Waals surface area contributed by atoms with E-state index in [0.717, 1.165) is 17.1 Å². The molecule has 2 spiro atoms. The van der Waals surface area contributed by atoms with Gasteiger partial charge in [0.25, 0.3) is 0 Å². The summed E-state index contributed by atoms with van der Waals surface area (Å²) >= 11 is 0. The zero-order valence-corrected chi connectivity index (χ0v) is 35.2. The first kappa shape index (κ1) is 36.5. The fraction of sp³-hybridized carbons (Fsp3) is 0.0323. The molecule has 3 aliphatic rings. The highest BCUT2D eigenvalue weighted by Gasteiger charge is 2.61. The van der Waals surface area contributed by atoms with E-state index in [4.69, 9.17) is 0 Å². The second-order valence-corrected chi connectivity index (χ2v) is 17.1. The molecule has 0 amide bonds. The Balaban J connectivity index is 1.24. The third-order valence-corrected chi connectivity index (χ3v) is 14.2. The number of benzene rings is 9. The van der Waals surface area contributed by atoms with Crippen LogP contribution in [-0.2, 0) is 10.8 Å². The van der Waals surface area contributed by atoms with Crippen LogP contribution in [0.3, 0.4) is 0 Å². The van der Waals surface area contributed by atoms with Gasteiger partial charge in [-0.3, -0.25) is 0 Å². The quantitative estimate of drug-likeness (QED) is 0.152. The lowest BCUT2D eigenvalue weighted by Gasteiger charge is -2.52. The Hall–Kier alpha value is -8.20. The number of hydrogen-bond acceptors (Lipinski definition) is 1. The molecule has 3 aliphatic carbocycles. The van der Waals surface area contributed by atoms with Crippen molar-refractivity contribution in [3.63, 3.8) is 0 Å². The average molecular weight is 815 g/mol. The maximum absolute atomic E-state index is 4.30. The molecule has 0 bridgehead atoms. The van der Waals surface area contributed by atoms with Crippen LogP contribution < -0.4 is 4.90 Å². The van der Waals surface area contributed by atoms with E-state index in [2.05, 4.69) is 253 Å². The lowest BCUT2D eigenvalue weighted by Crippen LogP contribution is -2.48. The van der Waals surface area contributed by atoms with Crippen LogP contribution >= 0.6 is 0 Å². The van der Waals surface area contributed by atoms with Crippen LogP contribution in [0.4, 0.5) is 11.4 Å². The number of para-hydroxylation sites is 3. The third-order valence-electron chi connectivity index (χ3n) is 14.2. The lowest BCUT2D eigenvalue weighted by molar-refractivity contribution is 0.612. The van der Waals surface area contributed by atoms with E-state index in [1.54, 1.807) is 0 Å². The van der Waals surface area contributed by atoms with E-state index in [1.165, 1.54) is 88.7 Å². The van der Waals surface area contributed by atoms with Gasteiger partial charge in [0.1, 0.15) is 0 Å². The first-order valence-electron chi connectivity index (χ1n) is 22.2. The molecule has 0 unspecified atom stereocenters. The van der Waals surface area contributed by atoms with E-state index < -0.39 is 10.8 Å². The molecule has 0 saturated heterocycles. The fourth-order valence-electron chi connectivity index (χ4n) is 12.0. The van der Waals surface area contributed by atoms with E-state index in [1.807, 2.05) is 6.08 Å². The molecule has 0 aliphatic heterocycles. The first-order chi connectivity index (χ1) is 31.8. The molecule has 300 valence electrons. The van der Waals surface area contributed by atoms with Crippen molar-refractivity contribution in [2.45, 2.75) is 10.8 Å². The summed E-state index contributed by atoms with van der Waals surface area (Å²) < 4.78 is 2.43. The molecule has 0 saturated carbocycles. The Morgan fingerprint density at radius 1 is 0.391 bits per heavy atom. The van der Waals surface area contributed by atoms with E-state index in [9.17, 15) is 0 Å². The molecule has 0 fully saturated rings. The minimum Gasteiger partial charge on any atom is -0.312 e. The van der Waals surface area contributed by atoms with E-state index in [0.29, 0.717) is 0 Å². The van der Waals surface area contributed by atoms with Crippen LogP contribution in [-0.4, -0.2) is 4.57 Å². The topological polar surface area (TPSA) is 8.17 Å². The molecule has 0 radical (unpaired) electrons.